The van der Waals surface area contributed by atoms with E-state index in [1.807, 2.05) is 0 Å². The summed E-state index contributed by atoms with van der Waals surface area (Å²) >= 11 is 0. The number of nitrogens with two attached hydrogens (primary N) is 1. The summed E-state index contributed by atoms with van der Waals surface area (Å²) in [5.74, 6) is -4.40. The van der Waals surface area contributed by atoms with Gasteiger partial charge in [-0.1, -0.05) is 30.3 Å². The topological polar surface area (TPSA) is 188 Å². The molecule has 0 saturated carbocycles. The van der Waals surface area contributed by atoms with Crippen molar-refractivity contribution in [2.75, 3.05) is 6.54 Å². The summed E-state index contributed by atoms with van der Waals surface area (Å²) in [6.45, 7) is 0.775. The molecular formula is C19H26N4O7. The van der Waals surface area contributed by atoms with Gasteiger partial charge in [0, 0.05) is 12.8 Å². The fourth-order valence-electron chi connectivity index (χ4n) is 2.44. The second-order valence-corrected chi connectivity index (χ2v) is 6.63. The van der Waals surface area contributed by atoms with Crippen molar-refractivity contribution >= 4 is 29.7 Å². The molecule has 0 aromatic heterocycles. The third-order valence-corrected chi connectivity index (χ3v) is 4.09. The fourth-order valence-corrected chi connectivity index (χ4v) is 2.44. The molecule has 0 bridgehead atoms. The highest BCUT2D eigenvalue weighted by Crippen LogP contribution is 2.05. The third kappa shape index (κ3) is 9.15. The highest BCUT2D eigenvalue weighted by Gasteiger charge is 2.27. The molecule has 164 valence electrons. The van der Waals surface area contributed by atoms with E-state index >= 15 is 0 Å². The van der Waals surface area contributed by atoms with Crippen molar-refractivity contribution in [3.63, 3.8) is 0 Å². The third-order valence-electron chi connectivity index (χ3n) is 4.09. The van der Waals surface area contributed by atoms with E-state index in [2.05, 4.69) is 16.0 Å². The van der Waals surface area contributed by atoms with E-state index in [1.165, 1.54) is 6.92 Å². The molecule has 0 aliphatic carbocycles. The van der Waals surface area contributed by atoms with Gasteiger partial charge in [0.05, 0.1) is 6.04 Å². The molecule has 3 unspecified atom stereocenters. The largest absolute Gasteiger partial charge is 0.481 e. The predicted octanol–water partition coefficient (Wildman–Crippen LogP) is -1.39. The molecule has 0 saturated heterocycles. The Bertz CT molecular complexity index is 769. The smallest absolute Gasteiger partial charge is 0.322 e. The lowest BCUT2D eigenvalue weighted by Crippen LogP contribution is -2.56. The molecule has 0 heterocycles. The maximum absolute atomic E-state index is 12.7. The van der Waals surface area contributed by atoms with E-state index < -0.39 is 54.3 Å². The quantitative estimate of drug-likeness (QED) is 0.237. The highest BCUT2D eigenvalue weighted by molar-refractivity contribution is 5.93. The summed E-state index contributed by atoms with van der Waals surface area (Å²) in [5.41, 5.74) is 6.43. The first-order valence-electron chi connectivity index (χ1n) is 9.21. The van der Waals surface area contributed by atoms with Crippen LogP contribution in [-0.4, -0.2) is 64.5 Å². The van der Waals surface area contributed by atoms with Gasteiger partial charge < -0.3 is 31.9 Å². The van der Waals surface area contributed by atoms with Crippen LogP contribution in [0, 0.1) is 0 Å². The van der Waals surface area contributed by atoms with Crippen LogP contribution in [0.1, 0.15) is 25.3 Å². The summed E-state index contributed by atoms with van der Waals surface area (Å²) < 4.78 is 0. The molecule has 1 rings (SSSR count). The number of carbonyl (C=O) groups excluding carboxylic acids is 3. The van der Waals surface area contributed by atoms with E-state index in [0.29, 0.717) is 0 Å². The maximum Gasteiger partial charge on any atom is 0.322 e. The van der Waals surface area contributed by atoms with Crippen LogP contribution in [0.5, 0.6) is 0 Å². The van der Waals surface area contributed by atoms with Gasteiger partial charge in [0.2, 0.25) is 17.7 Å². The lowest BCUT2D eigenvalue weighted by Gasteiger charge is -2.22. The molecule has 11 nitrogen and oxygen atoms in total. The number of hydrogen-bond donors (Lipinski definition) is 6. The molecular weight excluding hydrogens is 396 g/mol. The Morgan fingerprint density at radius 3 is 2.13 bits per heavy atom. The van der Waals surface area contributed by atoms with E-state index in [-0.39, 0.29) is 19.3 Å². The van der Waals surface area contributed by atoms with Gasteiger partial charge in [0.25, 0.3) is 0 Å². The monoisotopic (exact) mass is 422 g/mol. The minimum Gasteiger partial charge on any atom is -0.481 e. The van der Waals surface area contributed by atoms with Gasteiger partial charge >= 0.3 is 11.9 Å². The number of amides is 3. The van der Waals surface area contributed by atoms with Crippen LogP contribution < -0.4 is 21.7 Å². The average Bonchev–Trinajstić information content (AvgIpc) is 2.70. The average molecular weight is 422 g/mol. The molecule has 0 fully saturated rings. The van der Waals surface area contributed by atoms with Gasteiger partial charge in [-0.2, -0.15) is 0 Å². The van der Waals surface area contributed by atoms with Crippen LogP contribution >= 0.6 is 0 Å². The zero-order chi connectivity index (χ0) is 22.7. The summed E-state index contributed by atoms with van der Waals surface area (Å²) in [5, 5.41) is 24.4. The fraction of sp³-hybridized carbons (Fsp3) is 0.421. The van der Waals surface area contributed by atoms with Crippen molar-refractivity contribution in [3.05, 3.63) is 35.9 Å². The molecule has 0 radical (unpaired) electrons. The Labute approximate surface area is 173 Å². The molecule has 0 aliphatic heterocycles. The lowest BCUT2D eigenvalue weighted by atomic mass is 10.0. The molecule has 30 heavy (non-hydrogen) atoms. The van der Waals surface area contributed by atoms with Gasteiger partial charge in [-0.15, -0.1) is 0 Å². The van der Waals surface area contributed by atoms with Crippen LogP contribution in [0.25, 0.3) is 0 Å². The number of carboxylic acids is 2. The Balaban J connectivity index is 2.82. The van der Waals surface area contributed by atoms with Crippen LogP contribution in [0.15, 0.2) is 30.3 Å². The van der Waals surface area contributed by atoms with Crippen LogP contribution in [-0.2, 0) is 30.4 Å². The SMILES string of the molecule is CC(NC(=O)C(Cc1ccccc1)NC(=O)C(N)CCC(=O)O)C(=O)NCC(=O)O. The van der Waals surface area contributed by atoms with E-state index in [1.54, 1.807) is 30.3 Å². The first-order chi connectivity index (χ1) is 14.1. The predicted molar refractivity (Wildman–Crippen MR) is 105 cm³/mol. The zero-order valence-electron chi connectivity index (χ0n) is 16.5. The first-order valence-corrected chi connectivity index (χ1v) is 9.21. The number of rotatable bonds is 12. The minimum absolute atomic E-state index is 0.102. The number of hydrogen-bond acceptors (Lipinski definition) is 6. The summed E-state index contributed by atoms with van der Waals surface area (Å²) in [6, 6.07) is 5.55. The van der Waals surface area contributed by atoms with Crippen molar-refractivity contribution in [2.24, 2.45) is 5.73 Å². The highest BCUT2D eigenvalue weighted by atomic mass is 16.4. The Hall–Kier alpha value is -3.47. The second kappa shape index (κ2) is 12.2. The van der Waals surface area contributed by atoms with E-state index in [9.17, 15) is 24.0 Å². The maximum atomic E-state index is 12.7. The molecule has 11 heteroatoms. The van der Waals surface area contributed by atoms with Gasteiger partial charge in [-0.25, -0.2) is 0 Å². The first kappa shape index (κ1) is 24.6. The van der Waals surface area contributed by atoms with Crippen molar-refractivity contribution in [2.45, 2.75) is 44.3 Å². The Kier molecular flexibility index (Phi) is 9.97. The van der Waals surface area contributed by atoms with Gasteiger partial charge in [0.15, 0.2) is 0 Å². The number of carboxylic acid groups (broad SMARTS) is 2. The molecule has 3 atom stereocenters. The number of carbonyl (C=O) groups is 5. The second-order valence-electron chi connectivity index (χ2n) is 6.63. The number of nitrogens with one attached hydrogen (secondary N) is 3. The van der Waals surface area contributed by atoms with Crippen molar-refractivity contribution in [1.82, 2.24) is 16.0 Å². The van der Waals surface area contributed by atoms with Gasteiger partial charge in [-0.3, -0.25) is 24.0 Å². The summed E-state index contributed by atoms with van der Waals surface area (Å²) in [4.78, 5) is 58.1. The molecule has 1 aromatic carbocycles. The van der Waals surface area contributed by atoms with Crippen molar-refractivity contribution in [3.8, 4) is 0 Å². The van der Waals surface area contributed by atoms with Crippen LogP contribution in [0.2, 0.25) is 0 Å². The molecule has 0 aliphatic rings. The Morgan fingerprint density at radius 1 is 0.933 bits per heavy atom. The minimum atomic E-state index is -1.23. The lowest BCUT2D eigenvalue weighted by molar-refractivity contribution is -0.139. The normalized spacial score (nSPS) is 13.4. The van der Waals surface area contributed by atoms with Crippen molar-refractivity contribution < 1.29 is 34.2 Å². The standard InChI is InChI=1S/C19H26N4O7/c1-11(17(28)21-10-16(26)27)22-19(30)14(9-12-5-3-2-4-6-12)23-18(29)13(20)7-8-15(24)25/h2-6,11,13-14H,7-10,20H2,1H3,(H,21,28)(H,22,30)(H,23,29)(H,24,25)(H,26,27). The Morgan fingerprint density at radius 2 is 1.57 bits per heavy atom. The summed E-state index contributed by atoms with van der Waals surface area (Å²) in [7, 11) is 0. The summed E-state index contributed by atoms with van der Waals surface area (Å²) in [6.07, 6.45) is -0.298. The zero-order valence-corrected chi connectivity index (χ0v) is 16.5. The van der Waals surface area contributed by atoms with Crippen molar-refractivity contribution in [1.29, 1.82) is 0 Å². The van der Waals surface area contributed by atoms with E-state index in [4.69, 9.17) is 15.9 Å². The van der Waals surface area contributed by atoms with E-state index in [0.717, 1.165) is 5.56 Å². The molecule has 0 spiro atoms. The molecule has 7 N–H and O–H groups in total. The number of benzene rings is 1. The van der Waals surface area contributed by atoms with Crippen LogP contribution in [0.3, 0.4) is 0 Å². The molecule has 1 aromatic rings. The van der Waals surface area contributed by atoms with Gasteiger partial charge in [-0.05, 0) is 18.9 Å². The van der Waals surface area contributed by atoms with Crippen LogP contribution in [0.4, 0.5) is 0 Å². The molecule has 3 amide bonds. The van der Waals surface area contributed by atoms with Gasteiger partial charge in [0.1, 0.15) is 18.6 Å². The number of aliphatic carboxylic acids is 2.